The lowest BCUT2D eigenvalue weighted by molar-refractivity contribution is -0.119. The van der Waals surface area contributed by atoms with Gasteiger partial charge in [0, 0.05) is 22.5 Å². The van der Waals surface area contributed by atoms with Crippen molar-refractivity contribution in [2.45, 2.75) is 12.0 Å². The first-order chi connectivity index (χ1) is 15.9. The van der Waals surface area contributed by atoms with Crippen LogP contribution >= 0.6 is 22.9 Å². The summed E-state index contributed by atoms with van der Waals surface area (Å²) < 4.78 is 16.3. The molecule has 7 nitrogen and oxygen atoms in total. The lowest BCUT2D eigenvalue weighted by Crippen LogP contribution is -2.43. The number of methoxy groups -OCH3 is 3. The van der Waals surface area contributed by atoms with Crippen LogP contribution < -0.4 is 19.5 Å². The molecule has 1 aliphatic rings. The SMILES string of the molecule is COc1ccc(Cl)cc1NC(=O)[C@H]1c2cc(OC)c(OC)cc2C(=O)N(C)[C@H]1c1cccs1. The number of thiophene rings is 1. The van der Waals surface area contributed by atoms with Crippen LogP contribution in [0.5, 0.6) is 17.2 Å². The van der Waals surface area contributed by atoms with Crippen molar-refractivity contribution in [3.05, 3.63) is 68.9 Å². The number of carbonyl (C=O) groups is 2. The Morgan fingerprint density at radius 1 is 1.03 bits per heavy atom. The molecule has 0 radical (unpaired) electrons. The molecule has 2 heterocycles. The van der Waals surface area contributed by atoms with Crippen molar-refractivity contribution < 1.29 is 23.8 Å². The lowest BCUT2D eigenvalue weighted by atomic mass is 9.81. The van der Waals surface area contributed by atoms with E-state index in [1.54, 1.807) is 42.3 Å². The predicted molar refractivity (Wildman–Crippen MR) is 128 cm³/mol. The summed E-state index contributed by atoms with van der Waals surface area (Å²) in [6.07, 6.45) is 0. The average Bonchev–Trinajstić information content (AvgIpc) is 3.34. The predicted octanol–water partition coefficient (Wildman–Crippen LogP) is 4.98. The van der Waals surface area contributed by atoms with E-state index in [1.165, 1.54) is 32.7 Å². The van der Waals surface area contributed by atoms with E-state index in [0.717, 1.165) is 4.88 Å². The fourth-order valence-corrected chi connectivity index (χ4v) is 5.21. The molecule has 1 N–H and O–H groups in total. The number of benzene rings is 2. The van der Waals surface area contributed by atoms with Crippen LogP contribution in [0.1, 0.15) is 32.8 Å². The second-order valence-electron chi connectivity index (χ2n) is 7.48. The van der Waals surface area contributed by atoms with Crippen LogP contribution in [0.2, 0.25) is 5.02 Å². The Balaban J connectivity index is 1.87. The molecule has 0 spiro atoms. The molecule has 4 rings (SSSR count). The Hall–Kier alpha value is -3.23. The molecule has 33 heavy (non-hydrogen) atoms. The summed E-state index contributed by atoms with van der Waals surface area (Å²) in [7, 11) is 6.24. The Morgan fingerprint density at radius 2 is 1.73 bits per heavy atom. The second kappa shape index (κ2) is 9.33. The lowest BCUT2D eigenvalue weighted by Gasteiger charge is -2.39. The van der Waals surface area contributed by atoms with E-state index < -0.39 is 12.0 Å². The van der Waals surface area contributed by atoms with Crippen molar-refractivity contribution >= 4 is 40.4 Å². The standard InChI is InChI=1S/C24H23ClN2O5S/c1-27-22(20-6-5-9-33-20)21(23(28)26-16-10-13(25)7-8-17(16)30-2)14-11-18(31-3)19(32-4)12-15(14)24(27)29/h5-12,21-22H,1-4H3,(H,26,28)/t21-,22-/m0/s1. The maximum atomic E-state index is 13.8. The number of likely N-dealkylation sites (N-methyl/N-ethyl adjacent to an activating group) is 1. The van der Waals surface area contributed by atoms with Gasteiger partial charge < -0.3 is 24.4 Å². The third-order valence-corrected chi connectivity index (χ3v) is 6.89. The van der Waals surface area contributed by atoms with Gasteiger partial charge in [-0.1, -0.05) is 17.7 Å². The van der Waals surface area contributed by atoms with E-state index in [1.807, 2.05) is 17.5 Å². The van der Waals surface area contributed by atoms with Crippen LogP contribution in [0.3, 0.4) is 0 Å². The molecule has 3 aromatic rings. The van der Waals surface area contributed by atoms with Gasteiger partial charge >= 0.3 is 0 Å². The molecular weight excluding hydrogens is 464 g/mol. The highest BCUT2D eigenvalue weighted by atomic mass is 35.5. The van der Waals surface area contributed by atoms with Crippen molar-refractivity contribution in [2.24, 2.45) is 0 Å². The van der Waals surface area contributed by atoms with Crippen LogP contribution in [0.25, 0.3) is 0 Å². The monoisotopic (exact) mass is 486 g/mol. The van der Waals surface area contributed by atoms with Gasteiger partial charge in [-0.25, -0.2) is 0 Å². The van der Waals surface area contributed by atoms with Crippen molar-refractivity contribution in [1.82, 2.24) is 4.90 Å². The highest BCUT2D eigenvalue weighted by Gasteiger charge is 2.44. The fourth-order valence-electron chi connectivity index (χ4n) is 4.13. The van der Waals surface area contributed by atoms with Crippen LogP contribution in [0, 0.1) is 0 Å². The number of ether oxygens (including phenoxy) is 3. The third-order valence-electron chi connectivity index (χ3n) is 5.71. The molecule has 172 valence electrons. The van der Waals surface area contributed by atoms with Gasteiger partial charge in [-0.15, -0.1) is 11.3 Å². The first kappa shape index (κ1) is 22.9. The second-order valence-corrected chi connectivity index (χ2v) is 8.90. The van der Waals surface area contributed by atoms with Gasteiger partial charge in [0.1, 0.15) is 5.75 Å². The Morgan fingerprint density at radius 3 is 2.36 bits per heavy atom. The van der Waals surface area contributed by atoms with Crippen LogP contribution in [0.15, 0.2) is 47.8 Å². The zero-order chi connectivity index (χ0) is 23.7. The largest absolute Gasteiger partial charge is 0.495 e. The first-order valence-corrected chi connectivity index (χ1v) is 11.4. The minimum absolute atomic E-state index is 0.200. The summed E-state index contributed by atoms with van der Waals surface area (Å²) in [5.41, 5.74) is 1.40. The third kappa shape index (κ3) is 4.12. The maximum absolute atomic E-state index is 13.8. The van der Waals surface area contributed by atoms with E-state index in [0.29, 0.717) is 39.1 Å². The van der Waals surface area contributed by atoms with Gasteiger partial charge in [-0.2, -0.15) is 0 Å². The Bertz CT molecular complexity index is 1200. The molecule has 0 bridgehead atoms. The minimum atomic E-state index is -0.718. The number of nitrogens with one attached hydrogen (secondary N) is 1. The van der Waals surface area contributed by atoms with E-state index >= 15 is 0 Å². The first-order valence-electron chi connectivity index (χ1n) is 10.1. The van der Waals surface area contributed by atoms with Crippen LogP contribution in [-0.4, -0.2) is 45.1 Å². The molecular formula is C24H23ClN2O5S. The molecule has 0 aliphatic carbocycles. The summed E-state index contributed by atoms with van der Waals surface area (Å²) in [5, 5.41) is 5.34. The molecule has 0 saturated carbocycles. The molecule has 1 aromatic heterocycles. The Kier molecular flexibility index (Phi) is 6.49. The normalized spacial score (nSPS) is 17.4. The summed E-state index contributed by atoms with van der Waals surface area (Å²) in [4.78, 5) is 29.6. The molecule has 0 saturated heterocycles. The number of halogens is 1. The number of anilines is 1. The van der Waals surface area contributed by atoms with Gasteiger partial charge in [-0.05, 0) is 47.3 Å². The summed E-state index contributed by atoms with van der Waals surface area (Å²) in [6, 6.07) is 11.6. The molecule has 2 aromatic carbocycles. The van der Waals surface area contributed by atoms with Crippen molar-refractivity contribution in [1.29, 1.82) is 0 Å². The number of amides is 2. The number of carbonyl (C=O) groups excluding carboxylic acids is 2. The topological polar surface area (TPSA) is 77.1 Å². The quantitative estimate of drug-likeness (QED) is 0.532. The van der Waals surface area contributed by atoms with Crippen LogP contribution in [-0.2, 0) is 4.79 Å². The molecule has 2 atom stereocenters. The smallest absolute Gasteiger partial charge is 0.254 e. The van der Waals surface area contributed by atoms with Gasteiger partial charge in [0.05, 0.1) is 39.0 Å². The number of hydrogen-bond acceptors (Lipinski definition) is 6. The van der Waals surface area contributed by atoms with Crippen molar-refractivity contribution in [2.75, 3.05) is 33.7 Å². The number of hydrogen-bond donors (Lipinski definition) is 1. The van der Waals surface area contributed by atoms with E-state index in [4.69, 9.17) is 25.8 Å². The maximum Gasteiger partial charge on any atom is 0.254 e. The van der Waals surface area contributed by atoms with Gasteiger partial charge in [0.2, 0.25) is 5.91 Å². The minimum Gasteiger partial charge on any atom is -0.495 e. The molecule has 1 aliphatic heterocycles. The van der Waals surface area contributed by atoms with E-state index in [-0.39, 0.29) is 11.8 Å². The molecule has 0 unspecified atom stereocenters. The highest BCUT2D eigenvalue weighted by Crippen LogP contribution is 2.47. The van der Waals surface area contributed by atoms with Crippen LogP contribution in [0.4, 0.5) is 5.69 Å². The molecule has 9 heteroatoms. The van der Waals surface area contributed by atoms with Crippen molar-refractivity contribution in [3.8, 4) is 17.2 Å². The fraction of sp³-hybridized carbons (Fsp3) is 0.250. The number of nitrogens with zero attached hydrogens (tertiary/aromatic N) is 1. The number of rotatable bonds is 6. The zero-order valence-corrected chi connectivity index (χ0v) is 20.1. The summed E-state index contributed by atoms with van der Waals surface area (Å²) in [6.45, 7) is 0. The average molecular weight is 487 g/mol. The van der Waals surface area contributed by atoms with Crippen molar-refractivity contribution in [3.63, 3.8) is 0 Å². The highest BCUT2D eigenvalue weighted by molar-refractivity contribution is 7.10. The van der Waals surface area contributed by atoms with E-state index in [9.17, 15) is 9.59 Å². The van der Waals surface area contributed by atoms with Gasteiger partial charge in [0.25, 0.3) is 5.91 Å². The number of fused-ring (bicyclic) bond motifs is 1. The Labute approximate surface area is 200 Å². The van der Waals surface area contributed by atoms with E-state index in [2.05, 4.69) is 5.32 Å². The summed E-state index contributed by atoms with van der Waals surface area (Å²) in [5.74, 6) is 0.119. The summed E-state index contributed by atoms with van der Waals surface area (Å²) >= 11 is 7.65. The molecule has 2 amide bonds. The van der Waals surface area contributed by atoms with Gasteiger partial charge in [0.15, 0.2) is 11.5 Å². The van der Waals surface area contributed by atoms with Gasteiger partial charge in [-0.3, -0.25) is 9.59 Å². The molecule has 0 fully saturated rings. The zero-order valence-electron chi connectivity index (χ0n) is 18.5.